The molecular formula is C14H23NO2S. The number of sulfonamides is 1. The number of aryl methyl sites for hydroxylation is 2. The van der Waals surface area contributed by atoms with Crippen LogP contribution in [0, 0.1) is 13.8 Å². The highest BCUT2D eigenvalue weighted by Gasteiger charge is 2.13. The van der Waals surface area contributed by atoms with E-state index in [4.69, 9.17) is 0 Å². The molecule has 0 radical (unpaired) electrons. The molecule has 1 aromatic rings. The lowest BCUT2D eigenvalue weighted by Crippen LogP contribution is -2.24. The summed E-state index contributed by atoms with van der Waals surface area (Å²) in [6.07, 6.45) is 4.29. The second-order valence-corrected chi connectivity index (χ2v) is 6.47. The summed E-state index contributed by atoms with van der Waals surface area (Å²) in [4.78, 5) is 0.362. The van der Waals surface area contributed by atoms with Crippen molar-refractivity contribution in [2.75, 3.05) is 6.54 Å². The van der Waals surface area contributed by atoms with Crippen molar-refractivity contribution in [2.45, 2.75) is 51.3 Å². The van der Waals surface area contributed by atoms with Crippen LogP contribution in [-0.2, 0) is 10.0 Å². The Labute approximate surface area is 111 Å². The van der Waals surface area contributed by atoms with Gasteiger partial charge in [-0.1, -0.05) is 32.3 Å². The van der Waals surface area contributed by atoms with Gasteiger partial charge in [0.25, 0.3) is 0 Å². The van der Waals surface area contributed by atoms with Gasteiger partial charge in [-0.05, 0) is 43.5 Å². The fourth-order valence-corrected chi connectivity index (χ4v) is 2.88. The van der Waals surface area contributed by atoms with Gasteiger partial charge in [-0.15, -0.1) is 0 Å². The quantitative estimate of drug-likeness (QED) is 0.773. The second kappa shape index (κ2) is 6.90. The highest BCUT2D eigenvalue weighted by Crippen LogP contribution is 2.14. The van der Waals surface area contributed by atoms with Gasteiger partial charge in [0, 0.05) is 6.54 Å². The molecule has 1 rings (SSSR count). The monoisotopic (exact) mass is 269 g/mol. The molecule has 0 atom stereocenters. The summed E-state index contributed by atoms with van der Waals surface area (Å²) in [6, 6.07) is 5.24. The number of unbranched alkanes of at least 4 members (excludes halogenated alkanes) is 3. The van der Waals surface area contributed by atoms with E-state index < -0.39 is 10.0 Å². The van der Waals surface area contributed by atoms with Crippen LogP contribution in [0.5, 0.6) is 0 Å². The number of rotatable bonds is 7. The predicted octanol–water partition coefficient (Wildman–Crippen LogP) is 3.16. The summed E-state index contributed by atoms with van der Waals surface area (Å²) >= 11 is 0. The van der Waals surface area contributed by atoms with Gasteiger partial charge in [-0.3, -0.25) is 0 Å². The van der Waals surface area contributed by atoms with Crippen LogP contribution in [0.25, 0.3) is 0 Å². The van der Waals surface area contributed by atoms with E-state index in [0.29, 0.717) is 11.4 Å². The Morgan fingerprint density at radius 3 is 2.39 bits per heavy atom. The maximum absolute atomic E-state index is 12.0. The van der Waals surface area contributed by atoms with E-state index in [-0.39, 0.29) is 0 Å². The first kappa shape index (κ1) is 15.2. The van der Waals surface area contributed by atoms with Gasteiger partial charge in [0.05, 0.1) is 4.90 Å². The van der Waals surface area contributed by atoms with Crippen LogP contribution in [-0.4, -0.2) is 15.0 Å². The van der Waals surface area contributed by atoms with Gasteiger partial charge in [-0.25, -0.2) is 13.1 Å². The molecule has 0 spiro atoms. The number of hydrogen-bond acceptors (Lipinski definition) is 2. The lowest BCUT2D eigenvalue weighted by atomic mass is 10.1. The number of nitrogens with one attached hydrogen (secondary N) is 1. The average Bonchev–Trinajstić information content (AvgIpc) is 2.32. The van der Waals surface area contributed by atoms with Gasteiger partial charge in [0.1, 0.15) is 0 Å². The molecule has 1 aromatic carbocycles. The number of benzene rings is 1. The minimum atomic E-state index is -3.34. The second-order valence-electron chi connectivity index (χ2n) is 4.70. The first-order valence-electron chi connectivity index (χ1n) is 6.54. The summed E-state index contributed by atoms with van der Waals surface area (Å²) < 4.78 is 26.7. The smallest absolute Gasteiger partial charge is 0.211 e. The fourth-order valence-electron chi connectivity index (χ4n) is 1.72. The van der Waals surface area contributed by atoms with Crippen molar-refractivity contribution in [3.05, 3.63) is 29.3 Å². The Morgan fingerprint density at radius 1 is 1.06 bits per heavy atom. The SMILES string of the molecule is CCCCCCNS(=O)(=O)c1ccc(C)c(C)c1. The molecule has 0 saturated heterocycles. The van der Waals surface area contributed by atoms with Gasteiger partial charge in [0.15, 0.2) is 0 Å². The molecule has 0 unspecified atom stereocenters. The van der Waals surface area contributed by atoms with Crippen LogP contribution >= 0.6 is 0 Å². The number of hydrogen-bond donors (Lipinski definition) is 1. The van der Waals surface area contributed by atoms with E-state index in [9.17, 15) is 8.42 Å². The van der Waals surface area contributed by atoms with Crippen LogP contribution in [0.4, 0.5) is 0 Å². The summed E-state index contributed by atoms with van der Waals surface area (Å²) in [7, 11) is -3.34. The summed E-state index contributed by atoms with van der Waals surface area (Å²) in [5.41, 5.74) is 2.11. The molecule has 0 bridgehead atoms. The minimum Gasteiger partial charge on any atom is -0.211 e. The van der Waals surface area contributed by atoms with Crippen LogP contribution in [0.15, 0.2) is 23.1 Å². The Hall–Kier alpha value is -0.870. The first-order chi connectivity index (χ1) is 8.47. The zero-order valence-electron chi connectivity index (χ0n) is 11.5. The molecule has 0 heterocycles. The molecule has 0 aliphatic heterocycles. The molecule has 1 N–H and O–H groups in total. The minimum absolute atomic E-state index is 0.362. The molecule has 102 valence electrons. The van der Waals surface area contributed by atoms with Crippen molar-refractivity contribution in [1.29, 1.82) is 0 Å². The Bertz CT molecular complexity index is 481. The molecule has 0 aromatic heterocycles. The van der Waals surface area contributed by atoms with Crippen LogP contribution < -0.4 is 4.72 Å². The lowest BCUT2D eigenvalue weighted by molar-refractivity contribution is 0.573. The normalized spacial score (nSPS) is 11.7. The van der Waals surface area contributed by atoms with Crippen molar-refractivity contribution in [3.8, 4) is 0 Å². The van der Waals surface area contributed by atoms with E-state index in [1.165, 1.54) is 0 Å². The fraction of sp³-hybridized carbons (Fsp3) is 0.571. The molecule has 18 heavy (non-hydrogen) atoms. The van der Waals surface area contributed by atoms with Gasteiger partial charge < -0.3 is 0 Å². The average molecular weight is 269 g/mol. The Balaban J connectivity index is 2.60. The molecule has 0 fully saturated rings. The Kier molecular flexibility index (Phi) is 5.82. The maximum atomic E-state index is 12.0. The predicted molar refractivity (Wildman–Crippen MR) is 75.2 cm³/mol. The third-order valence-electron chi connectivity index (χ3n) is 3.11. The van der Waals surface area contributed by atoms with Crippen LogP contribution in [0.2, 0.25) is 0 Å². The zero-order chi connectivity index (χ0) is 13.6. The molecule has 0 saturated carbocycles. The lowest BCUT2D eigenvalue weighted by Gasteiger charge is -2.08. The van der Waals surface area contributed by atoms with Crippen LogP contribution in [0.1, 0.15) is 43.7 Å². The molecular weight excluding hydrogens is 246 g/mol. The van der Waals surface area contributed by atoms with Crippen molar-refractivity contribution >= 4 is 10.0 Å². The Morgan fingerprint density at radius 2 is 1.78 bits per heavy atom. The van der Waals surface area contributed by atoms with Gasteiger partial charge in [0.2, 0.25) is 10.0 Å². The molecule has 4 heteroatoms. The van der Waals surface area contributed by atoms with Gasteiger partial charge in [-0.2, -0.15) is 0 Å². The van der Waals surface area contributed by atoms with Crippen molar-refractivity contribution in [2.24, 2.45) is 0 Å². The first-order valence-corrected chi connectivity index (χ1v) is 8.02. The molecule has 0 aliphatic carbocycles. The maximum Gasteiger partial charge on any atom is 0.240 e. The summed E-state index contributed by atoms with van der Waals surface area (Å²) in [5.74, 6) is 0. The standard InChI is InChI=1S/C14H23NO2S/c1-4-5-6-7-10-15-18(16,17)14-9-8-12(2)13(3)11-14/h8-9,11,15H,4-7,10H2,1-3H3. The summed E-state index contributed by atoms with van der Waals surface area (Å²) in [5, 5.41) is 0. The van der Waals surface area contributed by atoms with Crippen molar-refractivity contribution < 1.29 is 8.42 Å². The van der Waals surface area contributed by atoms with E-state index in [1.54, 1.807) is 12.1 Å². The van der Waals surface area contributed by atoms with Gasteiger partial charge >= 0.3 is 0 Å². The molecule has 0 aliphatic rings. The third kappa shape index (κ3) is 4.42. The third-order valence-corrected chi connectivity index (χ3v) is 4.57. The molecule has 3 nitrogen and oxygen atoms in total. The summed E-state index contributed by atoms with van der Waals surface area (Å²) in [6.45, 7) is 6.56. The van der Waals surface area contributed by atoms with Crippen molar-refractivity contribution in [3.63, 3.8) is 0 Å². The van der Waals surface area contributed by atoms with E-state index >= 15 is 0 Å². The van der Waals surface area contributed by atoms with E-state index in [0.717, 1.165) is 36.8 Å². The largest absolute Gasteiger partial charge is 0.240 e. The van der Waals surface area contributed by atoms with Crippen molar-refractivity contribution in [1.82, 2.24) is 4.72 Å². The van der Waals surface area contributed by atoms with E-state index in [1.807, 2.05) is 19.9 Å². The zero-order valence-corrected chi connectivity index (χ0v) is 12.3. The highest BCUT2D eigenvalue weighted by molar-refractivity contribution is 7.89. The topological polar surface area (TPSA) is 46.2 Å². The highest BCUT2D eigenvalue weighted by atomic mass is 32.2. The molecule has 0 amide bonds. The van der Waals surface area contributed by atoms with Crippen LogP contribution in [0.3, 0.4) is 0 Å². The van der Waals surface area contributed by atoms with E-state index in [2.05, 4.69) is 11.6 Å².